The van der Waals surface area contributed by atoms with E-state index in [9.17, 15) is 13.2 Å². The van der Waals surface area contributed by atoms with Gasteiger partial charge in [-0.3, -0.25) is 0 Å². The minimum Gasteiger partial charge on any atom is -0.465 e. The second-order valence-electron chi connectivity index (χ2n) is 6.14. The Labute approximate surface area is 165 Å². The molecule has 1 aromatic carbocycles. The van der Waals surface area contributed by atoms with Gasteiger partial charge < -0.3 is 14.8 Å². The maximum Gasteiger partial charge on any atom is 0.339 e. The lowest BCUT2D eigenvalue weighted by Gasteiger charge is -2.37. The Morgan fingerprint density at radius 1 is 1.31 bits per heavy atom. The Bertz CT molecular complexity index is 716. The molecule has 0 radical (unpaired) electrons. The second kappa shape index (κ2) is 9.87. The van der Waals surface area contributed by atoms with E-state index >= 15 is 0 Å². The van der Waals surface area contributed by atoms with Crippen molar-refractivity contribution in [2.75, 3.05) is 40.5 Å². The topological polar surface area (TPSA) is 93.7 Å². The number of ether oxygens (including phenoxy) is 2. The van der Waals surface area contributed by atoms with Gasteiger partial charge in [-0.2, -0.15) is 0 Å². The number of carbonyl (C=O) groups is 1. The summed E-state index contributed by atoms with van der Waals surface area (Å²) in [6.07, 6.45) is 1.59. The fourth-order valence-corrected chi connectivity index (χ4v) is 4.57. The highest BCUT2D eigenvalue weighted by Crippen LogP contribution is 2.29. The van der Waals surface area contributed by atoms with Crippen molar-refractivity contribution in [2.45, 2.75) is 17.7 Å². The van der Waals surface area contributed by atoms with Gasteiger partial charge in [-0.1, -0.05) is 11.6 Å². The van der Waals surface area contributed by atoms with Gasteiger partial charge in [0.05, 0.1) is 24.2 Å². The number of nitrogens with one attached hydrogen (secondary N) is 2. The van der Waals surface area contributed by atoms with Gasteiger partial charge in [-0.25, -0.2) is 17.9 Å². The molecular formula is C16H24Cl2N2O5S. The molecule has 0 unspecified atom stereocenters. The highest BCUT2D eigenvalue weighted by atomic mass is 35.5. The zero-order chi connectivity index (χ0) is 18.5. The van der Waals surface area contributed by atoms with Crippen molar-refractivity contribution in [3.63, 3.8) is 0 Å². The van der Waals surface area contributed by atoms with Crippen LogP contribution in [0.3, 0.4) is 0 Å². The second-order valence-corrected chi connectivity index (χ2v) is 8.31. The number of esters is 1. The smallest absolute Gasteiger partial charge is 0.339 e. The molecule has 26 heavy (non-hydrogen) atoms. The van der Waals surface area contributed by atoms with E-state index in [4.69, 9.17) is 16.3 Å². The van der Waals surface area contributed by atoms with Crippen LogP contribution in [-0.4, -0.2) is 54.8 Å². The number of halogens is 2. The standard InChI is InChI=1S/C16H23ClN2O5S.ClH/c1-23-11-16(5-7-18-8-6-16)10-19-25(21,22)14-9-12(17)3-4-13(14)15(20)24-2;/h3-4,9,18-19H,5-8,10-11H2,1-2H3;1H. The SMILES string of the molecule is COCC1(CNS(=O)(=O)c2cc(Cl)ccc2C(=O)OC)CCNCC1.Cl. The van der Waals surface area contributed by atoms with Crippen LogP contribution in [0.15, 0.2) is 23.1 Å². The largest absolute Gasteiger partial charge is 0.465 e. The maximum absolute atomic E-state index is 12.8. The van der Waals surface area contributed by atoms with E-state index in [-0.39, 0.29) is 39.8 Å². The van der Waals surface area contributed by atoms with E-state index in [1.807, 2.05) is 0 Å². The number of piperidine rings is 1. The normalized spacial score (nSPS) is 16.6. The summed E-state index contributed by atoms with van der Waals surface area (Å²) in [5, 5.41) is 3.48. The minimum absolute atomic E-state index is 0. The van der Waals surface area contributed by atoms with Crippen LogP contribution in [-0.2, 0) is 19.5 Å². The van der Waals surface area contributed by atoms with E-state index in [0.717, 1.165) is 25.9 Å². The molecule has 1 heterocycles. The average Bonchev–Trinajstić information content (AvgIpc) is 2.60. The summed E-state index contributed by atoms with van der Waals surface area (Å²) in [7, 11) is -1.14. The molecule has 0 atom stereocenters. The third-order valence-electron chi connectivity index (χ3n) is 4.39. The molecule has 1 aliphatic heterocycles. The van der Waals surface area contributed by atoms with Gasteiger partial charge in [0, 0.05) is 24.1 Å². The van der Waals surface area contributed by atoms with Gasteiger partial charge in [-0.15, -0.1) is 12.4 Å². The zero-order valence-corrected chi connectivity index (χ0v) is 17.1. The predicted octanol–water partition coefficient (Wildman–Crippen LogP) is 1.84. The number of rotatable bonds is 7. The maximum atomic E-state index is 12.8. The van der Waals surface area contributed by atoms with Crippen molar-refractivity contribution >= 4 is 40.0 Å². The minimum atomic E-state index is -3.94. The first-order valence-corrected chi connectivity index (χ1v) is 9.77. The molecule has 0 spiro atoms. The van der Waals surface area contributed by atoms with Gasteiger partial charge in [0.1, 0.15) is 0 Å². The Morgan fingerprint density at radius 2 is 1.96 bits per heavy atom. The van der Waals surface area contributed by atoms with Crippen LogP contribution in [0.25, 0.3) is 0 Å². The Hall–Kier alpha value is -0.900. The lowest BCUT2D eigenvalue weighted by atomic mass is 9.80. The van der Waals surface area contributed by atoms with Crippen LogP contribution in [0.1, 0.15) is 23.2 Å². The molecule has 10 heteroatoms. The molecule has 0 aliphatic carbocycles. The van der Waals surface area contributed by atoms with Crippen molar-refractivity contribution < 1.29 is 22.7 Å². The van der Waals surface area contributed by atoms with Crippen molar-refractivity contribution in [2.24, 2.45) is 5.41 Å². The van der Waals surface area contributed by atoms with Crippen LogP contribution in [0.4, 0.5) is 0 Å². The third-order valence-corrected chi connectivity index (χ3v) is 6.07. The van der Waals surface area contributed by atoms with E-state index in [2.05, 4.69) is 14.8 Å². The molecule has 1 fully saturated rings. The number of methoxy groups -OCH3 is 2. The average molecular weight is 427 g/mol. The van der Waals surface area contributed by atoms with Crippen LogP contribution in [0.2, 0.25) is 5.02 Å². The third kappa shape index (κ3) is 5.55. The number of carbonyl (C=O) groups excluding carboxylic acids is 1. The number of sulfonamides is 1. The van der Waals surface area contributed by atoms with Gasteiger partial charge in [0.2, 0.25) is 10.0 Å². The fourth-order valence-electron chi connectivity index (χ4n) is 2.96. The molecule has 0 saturated carbocycles. The molecule has 1 aliphatic rings. The van der Waals surface area contributed by atoms with Gasteiger partial charge in [0.25, 0.3) is 0 Å². The summed E-state index contributed by atoms with van der Waals surface area (Å²) in [6, 6.07) is 4.05. The molecule has 2 rings (SSSR count). The summed E-state index contributed by atoms with van der Waals surface area (Å²) in [6.45, 7) is 2.28. The van der Waals surface area contributed by atoms with E-state index < -0.39 is 16.0 Å². The summed E-state index contributed by atoms with van der Waals surface area (Å²) >= 11 is 5.92. The van der Waals surface area contributed by atoms with Crippen molar-refractivity contribution in [3.8, 4) is 0 Å². The van der Waals surface area contributed by atoms with Crippen LogP contribution < -0.4 is 10.0 Å². The van der Waals surface area contributed by atoms with Gasteiger partial charge in [0.15, 0.2) is 0 Å². The molecule has 148 valence electrons. The first kappa shape index (κ1) is 23.1. The first-order valence-electron chi connectivity index (χ1n) is 7.91. The Kier molecular flexibility index (Phi) is 8.78. The summed E-state index contributed by atoms with van der Waals surface area (Å²) in [5.41, 5.74) is -0.331. The molecule has 1 aromatic rings. The molecule has 2 N–H and O–H groups in total. The monoisotopic (exact) mass is 426 g/mol. The number of hydrogen-bond acceptors (Lipinski definition) is 6. The number of hydrogen-bond donors (Lipinski definition) is 2. The summed E-state index contributed by atoms with van der Waals surface area (Å²) in [4.78, 5) is 11.7. The highest BCUT2D eigenvalue weighted by molar-refractivity contribution is 7.89. The lowest BCUT2D eigenvalue weighted by molar-refractivity contribution is 0.0576. The highest BCUT2D eigenvalue weighted by Gasteiger charge is 2.34. The molecular weight excluding hydrogens is 403 g/mol. The predicted molar refractivity (Wildman–Crippen MR) is 102 cm³/mol. The van der Waals surface area contributed by atoms with Gasteiger partial charge >= 0.3 is 5.97 Å². The number of benzene rings is 1. The zero-order valence-electron chi connectivity index (χ0n) is 14.7. The molecule has 1 saturated heterocycles. The summed E-state index contributed by atoms with van der Waals surface area (Å²) in [5.74, 6) is -0.731. The Balaban J connectivity index is 0.00000338. The lowest BCUT2D eigenvalue weighted by Crippen LogP contribution is -2.47. The molecule has 0 amide bonds. The van der Waals surface area contributed by atoms with E-state index in [0.29, 0.717) is 6.61 Å². The quantitative estimate of drug-likeness (QED) is 0.646. The van der Waals surface area contributed by atoms with E-state index in [1.165, 1.54) is 25.3 Å². The van der Waals surface area contributed by atoms with Crippen molar-refractivity contribution in [3.05, 3.63) is 28.8 Å². The molecule has 7 nitrogen and oxygen atoms in total. The molecule has 0 aromatic heterocycles. The fraction of sp³-hybridized carbons (Fsp3) is 0.562. The molecule has 0 bridgehead atoms. The van der Waals surface area contributed by atoms with Crippen molar-refractivity contribution in [1.82, 2.24) is 10.0 Å². The first-order chi connectivity index (χ1) is 11.8. The van der Waals surface area contributed by atoms with Crippen molar-refractivity contribution in [1.29, 1.82) is 0 Å². The van der Waals surface area contributed by atoms with Crippen LogP contribution in [0.5, 0.6) is 0 Å². The Morgan fingerprint density at radius 3 is 2.54 bits per heavy atom. The van der Waals surface area contributed by atoms with E-state index in [1.54, 1.807) is 7.11 Å². The van der Waals surface area contributed by atoms with Gasteiger partial charge in [-0.05, 0) is 44.1 Å². The summed E-state index contributed by atoms with van der Waals surface area (Å²) < 4.78 is 38.1. The van der Waals surface area contributed by atoms with Crippen LogP contribution in [0, 0.1) is 5.41 Å². The van der Waals surface area contributed by atoms with Crippen LogP contribution >= 0.6 is 24.0 Å².